The van der Waals surface area contributed by atoms with E-state index in [1.807, 2.05) is 37.3 Å². The zero-order valence-electron chi connectivity index (χ0n) is 17.4. The number of carbonyl (C=O) groups is 1. The smallest absolute Gasteiger partial charge is 0.243 e. The first-order valence-corrected chi connectivity index (χ1v) is 11.9. The molecule has 0 aromatic heterocycles. The number of anilines is 1. The molecule has 1 fully saturated rings. The molecule has 1 saturated heterocycles. The van der Waals surface area contributed by atoms with Crippen LogP contribution in [-0.2, 0) is 14.8 Å². The van der Waals surface area contributed by atoms with Crippen LogP contribution in [0.25, 0.3) is 10.8 Å². The second-order valence-corrected chi connectivity index (χ2v) is 9.68. The van der Waals surface area contributed by atoms with Crippen LogP contribution in [0.2, 0.25) is 0 Å². The second kappa shape index (κ2) is 8.77. The normalized spacial score (nSPS) is 15.8. The fourth-order valence-corrected chi connectivity index (χ4v) is 5.63. The Bertz CT molecular complexity index is 1190. The molecule has 3 aromatic carbocycles. The van der Waals surface area contributed by atoms with Crippen molar-refractivity contribution in [3.05, 3.63) is 72.5 Å². The molecule has 1 aliphatic heterocycles. The lowest BCUT2D eigenvalue weighted by Gasteiger charge is -2.33. The molecule has 7 heteroatoms. The zero-order valence-corrected chi connectivity index (χ0v) is 18.2. The first-order chi connectivity index (χ1) is 14.9. The van der Waals surface area contributed by atoms with Crippen LogP contribution in [0.1, 0.15) is 19.8 Å². The van der Waals surface area contributed by atoms with Crippen LogP contribution in [0.4, 0.5) is 10.1 Å². The van der Waals surface area contributed by atoms with Crippen molar-refractivity contribution in [2.45, 2.75) is 24.7 Å². The van der Waals surface area contributed by atoms with Crippen LogP contribution >= 0.6 is 0 Å². The number of amides is 1. The Morgan fingerprint density at radius 3 is 2.29 bits per heavy atom. The molecule has 162 valence electrons. The lowest BCUT2D eigenvalue weighted by molar-refractivity contribution is -0.123. The van der Waals surface area contributed by atoms with Gasteiger partial charge in [-0.3, -0.25) is 4.79 Å². The van der Waals surface area contributed by atoms with Crippen molar-refractivity contribution in [2.24, 2.45) is 5.92 Å². The number of nitrogens with zero attached hydrogens (tertiary/aromatic N) is 2. The maximum atomic E-state index is 13.2. The molecule has 3 aromatic rings. The second-order valence-electron chi connectivity index (χ2n) is 7.75. The van der Waals surface area contributed by atoms with Crippen molar-refractivity contribution in [3.63, 3.8) is 0 Å². The van der Waals surface area contributed by atoms with E-state index in [2.05, 4.69) is 0 Å². The van der Waals surface area contributed by atoms with Crippen molar-refractivity contribution in [2.75, 3.05) is 24.5 Å². The van der Waals surface area contributed by atoms with Crippen molar-refractivity contribution in [1.29, 1.82) is 0 Å². The summed E-state index contributed by atoms with van der Waals surface area (Å²) in [6.45, 7) is 2.94. The fraction of sp³-hybridized carbons (Fsp3) is 0.292. The van der Waals surface area contributed by atoms with E-state index in [1.165, 1.54) is 16.4 Å². The molecular formula is C24H25FN2O3S. The van der Waals surface area contributed by atoms with Crippen molar-refractivity contribution >= 4 is 32.4 Å². The Morgan fingerprint density at radius 1 is 1.00 bits per heavy atom. The van der Waals surface area contributed by atoms with Gasteiger partial charge in [-0.05, 0) is 66.9 Å². The number of hydrogen-bond donors (Lipinski definition) is 0. The summed E-state index contributed by atoms with van der Waals surface area (Å²) in [6, 6.07) is 18.7. The summed E-state index contributed by atoms with van der Waals surface area (Å²) < 4.78 is 41.0. The number of carbonyl (C=O) groups excluding carboxylic acids is 1. The van der Waals surface area contributed by atoms with Crippen LogP contribution < -0.4 is 4.90 Å². The first-order valence-electron chi connectivity index (χ1n) is 10.5. The number of piperidine rings is 1. The first kappa shape index (κ1) is 21.5. The third-order valence-electron chi connectivity index (χ3n) is 5.88. The van der Waals surface area contributed by atoms with Gasteiger partial charge in [0.05, 0.1) is 4.90 Å². The number of rotatable bonds is 5. The van der Waals surface area contributed by atoms with Gasteiger partial charge >= 0.3 is 0 Å². The third-order valence-corrected chi connectivity index (χ3v) is 7.78. The lowest BCUT2D eigenvalue weighted by atomic mass is 9.96. The van der Waals surface area contributed by atoms with E-state index < -0.39 is 10.0 Å². The van der Waals surface area contributed by atoms with Gasteiger partial charge in [0.2, 0.25) is 15.9 Å². The van der Waals surface area contributed by atoms with Gasteiger partial charge in [-0.25, -0.2) is 12.8 Å². The van der Waals surface area contributed by atoms with Crippen LogP contribution in [0.15, 0.2) is 71.6 Å². The summed E-state index contributed by atoms with van der Waals surface area (Å²) in [7, 11) is -3.62. The van der Waals surface area contributed by atoms with Crippen LogP contribution in [0.5, 0.6) is 0 Å². The van der Waals surface area contributed by atoms with E-state index in [0.29, 0.717) is 38.2 Å². The Morgan fingerprint density at radius 2 is 1.65 bits per heavy atom. The monoisotopic (exact) mass is 440 g/mol. The predicted octanol–water partition coefficient (Wildman–Crippen LogP) is 4.43. The van der Waals surface area contributed by atoms with Gasteiger partial charge in [-0.15, -0.1) is 0 Å². The molecule has 31 heavy (non-hydrogen) atoms. The summed E-state index contributed by atoms with van der Waals surface area (Å²) in [4.78, 5) is 15.0. The highest BCUT2D eigenvalue weighted by Crippen LogP contribution is 2.28. The molecule has 1 heterocycles. The van der Waals surface area contributed by atoms with E-state index in [0.717, 1.165) is 10.8 Å². The van der Waals surface area contributed by atoms with Gasteiger partial charge in [-0.2, -0.15) is 4.31 Å². The summed E-state index contributed by atoms with van der Waals surface area (Å²) in [5.41, 5.74) is 0.653. The minimum Gasteiger partial charge on any atom is -0.312 e. The van der Waals surface area contributed by atoms with Crippen molar-refractivity contribution in [1.82, 2.24) is 4.31 Å². The lowest BCUT2D eigenvalue weighted by Crippen LogP contribution is -2.44. The Kier molecular flexibility index (Phi) is 6.07. The zero-order chi connectivity index (χ0) is 22.0. The van der Waals surface area contributed by atoms with E-state index in [-0.39, 0.29) is 22.5 Å². The molecule has 4 rings (SSSR count). The van der Waals surface area contributed by atoms with Gasteiger partial charge in [-0.1, -0.05) is 30.3 Å². The Balaban J connectivity index is 1.46. The van der Waals surface area contributed by atoms with Gasteiger partial charge in [0.1, 0.15) is 5.82 Å². The molecule has 1 aliphatic rings. The van der Waals surface area contributed by atoms with Gasteiger partial charge in [0.25, 0.3) is 0 Å². The van der Waals surface area contributed by atoms with Crippen molar-refractivity contribution in [3.8, 4) is 0 Å². The molecule has 0 aliphatic carbocycles. The Labute approximate surface area is 182 Å². The summed E-state index contributed by atoms with van der Waals surface area (Å²) in [5.74, 6) is -0.649. The molecule has 5 nitrogen and oxygen atoms in total. The molecule has 0 atom stereocenters. The van der Waals surface area contributed by atoms with E-state index in [4.69, 9.17) is 0 Å². The number of benzene rings is 3. The SMILES string of the molecule is CCN(C(=O)C1CCN(S(=O)(=O)c2ccc3ccccc3c2)CC1)c1ccc(F)cc1. The highest BCUT2D eigenvalue weighted by atomic mass is 32.2. The average molecular weight is 441 g/mol. The largest absolute Gasteiger partial charge is 0.312 e. The van der Waals surface area contributed by atoms with E-state index >= 15 is 0 Å². The van der Waals surface area contributed by atoms with Crippen LogP contribution in [0, 0.1) is 11.7 Å². The van der Waals surface area contributed by atoms with Crippen molar-refractivity contribution < 1.29 is 17.6 Å². The highest BCUT2D eigenvalue weighted by molar-refractivity contribution is 7.89. The highest BCUT2D eigenvalue weighted by Gasteiger charge is 2.34. The standard InChI is InChI=1S/C24H25FN2O3S/c1-2-27(22-10-8-21(25)9-11-22)24(28)19-13-15-26(16-14-19)31(29,30)23-12-7-18-5-3-4-6-20(18)17-23/h3-12,17,19H,2,13-16H2,1H3. The maximum Gasteiger partial charge on any atom is 0.243 e. The molecule has 0 N–H and O–H groups in total. The van der Waals surface area contributed by atoms with Gasteiger partial charge in [0.15, 0.2) is 0 Å². The molecule has 0 radical (unpaired) electrons. The van der Waals surface area contributed by atoms with Crippen LogP contribution in [-0.4, -0.2) is 38.3 Å². The molecular weight excluding hydrogens is 415 g/mol. The summed E-state index contributed by atoms with van der Waals surface area (Å²) >= 11 is 0. The summed E-state index contributed by atoms with van der Waals surface area (Å²) in [5, 5.41) is 1.87. The Hall–Kier alpha value is -2.77. The minimum atomic E-state index is -3.62. The molecule has 0 bridgehead atoms. The van der Waals surface area contributed by atoms with Crippen LogP contribution in [0.3, 0.4) is 0 Å². The topological polar surface area (TPSA) is 57.7 Å². The predicted molar refractivity (Wildman–Crippen MR) is 120 cm³/mol. The number of hydrogen-bond acceptors (Lipinski definition) is 3. The van der Waals surface area contributed by atoms with Gasteiger partial charge in [0, 0.05) is 31.2 Å². The third kappa shape index (κ3) is 4.34. The molecule has 1 amide bonds. The minimum absolute atomic E-state index is 0.0446. The number of sulfonamides is 1. The fourth-order valence-electron chi connectivity index (χ4n) is 4.13. The average Bonchev–Trinajstić information content (AvgIpc) is 2.80. The van der Waals surface area contributed by atoms with E-state index in [1.54, 1.807) is 29.2 Å². The molecule has 0 saturated carbocycles. The molecule has 0 spiro atoms. The quantitative estimate of drug-likeness (QED) is 0.590. The summed E-state index contributed by atoms with van der Waals surface area (Å²) in [6.07, 6.45) is 0.923. The van der Waals surface area contributed by atoms with E-state index in [9.17, 15) is 17.6 Å². The maximum absolute atomic E-state index is 13.2. The number of halogens is 1. The number of fused-ring (bicyclic) bond motifs is 1. The van der Waals surface area contributed by atoms with Gasteiger partial charge < -0.3 is 4.90 Å². The molecule has 0 unspecified atom stereocenters.